The molecule has 1 aromatic heterocycles. The van der Waals surface area contributed by atoms with Crippen molar-refractivity contribution in [3.05, 3.63) is 11.9 Å². The molecule has 1 heterocycles. The second-order valence-electron chi connectivity index (χ2n) is 4.56. The van der Waals surface area contributed by atoms with Crippen molar-refractivity contribution in [1.82, 2.24) is 9.97 Å². The number of sulfonamides is 1. The molecule has 17 heavy (non-hydrogen) atoms. The number of rotatable bonds is 3. The summed E-state index contributed by atoms with van der Waals surface area (Å²) >= 11 is 0. The fourth-order valence-electron chi connectivity index (χ4n) is 0.988. The zero-order valence-electron chi connectivity index (χ0n) is 10.6. The Morgan fingerprint density at radius 3 is 2.35 bits per heavy atom. The minimum Gasteiger partial charge on any atom is -0.481 e. The lowest BCUT2D eigenvalue weighted by Gasteiger charge is -2.20. The van der Waals surface area contributed by atoms with Gasteiger partial charge in [-0.3, -0.25) is 4.72 Å². The molecule has 1 N–H and O–H groups in total. The highest BCUT2D eigenvalue weighted by Crippen LogP contribution is 2.20. The van der Waals surface area contributed by atoms with E-state index in [0.717, 1.165) is 0 Å². The SMILES string of the molecule is COc1cc(NS(=O)(=O)C(C)(C)C)nc(C)n1. The van der Waals surface area contributed by atoms with E-state index in [4.69, 9.17) is 4.74 Å². The van der Waals surface area contributed by atoms with Crippen molar-refractivity contribution >= 4 is 15.8 Å². The lowest BCUT2D eigenvalue weighted by molar-refractivity contribution is 0.396. The molecule has 1 rings (SSSR count). The van der Waals surface area contributed by atoms with Crippen molar-refractivity contribution in [1.29, 1.82) is 0 Å². The molecule has 0 amide bonds. The maximum absolute atomic E-state index is 11.9. The Bertz CT molecular complexity index is 506. The second-order valence-corrected chi connectivity index (χ2v) is 7.00. The van der Waals surface area contributed by atoms with E-state index in [1.54, 1.807) is 27.7 Å². The molecule has 0 saturated heterocycles. The highest BCUT2D eigenvalue weighted by atomic mass is 32.2. The van der Waals surface area contributed by atoms with Crippen molar-refractivity contribution in [2.45, 2.75) is 32.4 Å². The number of aromatic nitrogens is 2. The van der Waals surface area contributed by atoms with Gasteiger partial charge in [-0.2, -0.15) is 4.98 Å². The number of anilines is 1. The number of nitrogens with one attached hydrogen (secondary N) is 1. The molecule has 0 aliphatic rings. The van der Waals surface area contributed by atoms with Crippen LogP contribution < -0.4 is 9.46 Å². The van der Waals surface area contributed by atoms with Gasteiger partial charge in [-0.15, -0.1) is 0 Å². The van der Waals surface area contributed by atoms with Gasteiger partial charge in [0.25, 0.3) is 0 Å². The lowest BCUT2D eigenvalue weighted by Crippen LogP contribution is -2.34. The minimum absolute atomic E-state index is 0.212. The Balaban J connectivity index is 3.08. The molecule has 0 bridgehead atoms. The standard InChI is InChI=1S/C10H17N3O3S/c1-7-11-8(6-9(12-7)16-5)13-17(14,15)10(2,3)4/h6H,1-5H3,(H,11,12,13). The minimum atomic E-state index is -3.49. The van der Waals surface area contributed by atoms with E-state index < -0.39 is 14.8 Å². The van der Waals surface area contributed by atoms with Gasteiger partial charge < -0.3 is 4.74 Å². The Labute approximate surface area is 101 Å². The van der Waals surface area contributed by atoms with E-state index in [0.29, 0.717) is 11.7 Å². The summed E-state index contributed by atoms with van der Waals surface area (Å²) in [7, 11) is -2.03. The van der Waals surface area contributed by atoms with Crippen LogP contribution in [0.2, 0.25) is 0 Å². The van der Waals surface area contributed by atoms with Gasteiger partial charge in [-0.1, -0.05) is 0 Å². The van der Waals surface area contributed by atoms with E-state index in [1.807, 2.05) is 0 Å². The number of hydrogen-bond acceptors (Lipinski definition) is 5. The summed E-state index contributed by atoms with van der Waals surface area (Å²) in [6.45, 7) is 6.50. The molecule has 0 radical (unpaired) electrons. The predicted molar refractivity (Wildman–Crippen MR) is 65.6 cm³/mol. The third-order valence-corrected chi connectivity index (χ3v) is 4.16. The van der Waals surface area contributed by atoms with E-state index >= 15 is 0 Å². The average molecular weight is 259 g/mol. The summed E-state index contributed by atoms with van der Waals surface area (Å²) in [4.78, 5) is 7.98. The van der Waals surface area contributed by atoms with Gasteiger partial charge in [0.1, 0.15) is 11.6 Å². The number of nitrogens with zero attached hydrogens (tertiary/aromatic N) is 2. The maximum Gasteiger partial charge on any atom is 0.238 e. The van der Waals surface area contributed by atoms with Crippen LogP contribution in [0.1, 0.15) is 26.6 Å². The van der Waals surface area contributed by atoms with E-state index in [9.17, 15) is 8.42 Å². The Morgan fingerprint density at radius 2 is 1.88 bits per heavy atom. The molecule has 0 unspecified atom stereocenters. The van der Waals surface area contributed by atoms with Crippen LogP contribution in [0.15, 0.2) is 6.07 Å². The summed E-state index contributed by atoms with van der Waals surface area (Å²) in [5.41, 5.74) is 0. The number of hydrogen-bond donors (Lipinski definition) is 1. The molecular weight excluding hydrogens is 242 g/mol. The van der Waals surface area contributed by atoms with Gasteiger partial charge in [-0.05, 0) is 27.7 Å². The van der Waals surface area contributed by atoms with Gasteiger partial charge in [0, 0.05) is 6.07 Å². The monoisotopic (exact) mass is 259 g/mol. The van der Waals surface area contributed by atoms with Crippen LogP contribution in [-0.2, 0) is 10.0 Å². The fraction of sp³-hybridized carbons (Fsp3) is 0.600. The van der Waals surface area contributed by atoms with Crippen LogP contribution in [-0.4, -0.2) is 30.2 Å². The van der Waals surface area contributed by atoms with Crippen molar-refractivity contribution in [3.8, 4) is 5.88 Å². The van der Waals surface area contributed by atoms with Crippen LogP contribution >= 0.6 is 0 Å². The number of methoxy groups -OCH3 is 1. The molecule has 0 saturated carbocycles. The Kier molecular flexibility index (Phi) is 3.61. The number of ether oxygens (including phenoxy) is 1. The van der Waals surface area contributed by atoms with Gasteiger partial charge in [0.15, 0.2) is 0 Å². The van der Waals surface area contributed by atoms with Gasteiger partial charge in [0.2, 0.25) is 15.9 Å². The summed E-state index contributed by atoms with van der Waals surface area (Å²) in [6, 6.07) is 1.44. The summed E-state index contributed by atoms with van der Waals surface area (Å²) < 4.78 is 30.3. The largest absolute Gasteiger partial charge is 0.481 e. The molecular formula is C10H17N3O3S. The smallest absolute Gasteiger partial charge is 0.238 e. The molecule has 0 fully saturated rings. The zero-order chi connectivity index (χ0) is 13.3. The van der Waals surface area contributed by atoms with Gasteiger partial charge >= 0.3 is 0 Å². The van der Waals surface area contributed by atoms with Crippen molar-refractivity contribution in [2.75, 3.05) is 11.8 Å². The molecule has 0 aromatic carbocycles. The molecule has 0 aliphatic heterocycles. The molecule has 96 valence electrons. The molecule has 7 heteroatoms. The van der Waals surface area contributed by atoms with E-state index in [2.05, 4.69) is 14.7 Å². The second kappa shape index (κ2) is 4.48. The fourth-order valence-corrected chi connectivity index (χ4v) is 1.67. The lowest BCUT2D eigenvalue weighted by atomic mass is 10.3. The Morgan fingerprint density at radius 1 is 1.29 bits per heavy atom. The van der Waals surface area contributed by atoms with E-state index in [1.165, 1.54) is 13.2 Å². The third-order valence-electron chi connectivity index (χ3n) is 2.07. The van der Waals surface area contributed by atoms with Gasteiger partial charge in [-0.25, -0.2) is 13.4 Å². The zero-order valence-corrected chi connectivity index (χ0v) is 11.4. The molecule has 0 spiro atoms. The summed E-state index contributed by atoms with van der Waals surface area (Å²) in [5, 5.41) is 0. The normalized spacial score (nSPS) is 12.3. The third kappa shape index (κ3) is 3.29. The summed E-state index contributed by atoms with van der Waals surface area (Å²) in [5.74, 6) is 0.976. The highest BCUT2D eigenvalue weighted by Gasteiger charge is 2.29. The first-order valence-corrected chi connectivity index (χ1v) is 6.56. The molecule has 6 nitrogen and oxygen atoms in total. The van der Waals surface area contributed by atoms with Crippen LogP contribution in [0.5, 0.6) is 5.88 Å². The summed E-state index contributed by atoms with van der Waals surface area (Å²) in [6.07, 6.45) is 0. The highest BCUT2D eigenvalue weighted by molar-refractivity contribution is 7.94. The van der Waals surface area contributed by atoms with Crippen LogP contribution in [0, 0.1) is 6.92 Å². The van der Waals surface area contributed by atoms with E-state index in [-0.39, 0.29) is 5.82 Å². The number of aryl methyl sites for hydroxylation is 1. The van der Waals surface area contributed by atoms with Gasteiger partial charge in [0.05, 0.1) is 11.9 Å². The van der Waals surface area contributed by atoms with Crippen LogP contribution in [0.25, 0.3) is 0 Å². The average Bonchev–Trinajstić information content (AvgIpc) is 2.14. The molecule has 0 atom stereocenters. The first kappa shape index (κ1) is 13.7. The van der Waals surface area contributed by atoms with Crippen molar-refractivity contribution < 1.29 is 13.2 Å². The maximum atomic E-state index is 11.9. The van der Waals surface area contributed by atoms with Crippen molar-refractivity contribution in [2.24, 2.45) is 0 Å². The van der Waals surface area contributed by atoms with Crippen LogP contribution in [0.4, 0.5) is 5.82 Å². The predicted octanol–water partition coefficient (Wildman–Crippen LogP) is 1.33. The molecule has 0 aliphatic carbocycles. The Hall–Kier alpha value is -1.37. The van der Waals surface area contributed by atoms with Crippen molar-refractivity contribution in [3.63, 3.8) is 0 Å². The first-order valence-electron chi connectivity index (χ1n) is 5.08. The molecule has 1 aromatic rings. The quantitative estimate of drug-likeness (QED) is 0.885. The van der Waals surface area contributed by atoms with Crippen LogP contribution in [0.3, 0.4) is 0 Å². The topological polar surface area (TPSA) is 81.2 Å². The first-order chi connectivity index (χ1) is 7.65.